The van der Waals surface area contributed by atoms with E-state index >= 15 is 0 Å². The molecular weight excluding hydrogens is 330 g/mol. The zero-order chi connectivity index (χ0) is 17.8. The summed E-state index contributed by atoms with van der Waals surface area (Å²) in [7, 11) is 1.21. The summed E-state index contributed by atoms with van der Waals surface area (Å²) >= 11 is 0. The van der Waals surface area contributed by atoms with Crippen LogP contribution in [0.1, 0.15) is 33.9 Å². The highest BCUT2D eigenvalue weighted by Gasteiger charge is 2.26. The van der Waals surface area contributed by atoms with E-state index in [4.69, 9.17) is 4.52 Å². The Morgan fingerprint density at radius 2 is 2.32 bits per heavy atom. The molecule has 1 fully saturated rings. The first-order valence-corrected chi connectivity index (χ1v) is 7.73. The summed E-state index contributed by atoms with van der Waals surface area (Å²) in [5, 5.41) is 6.32. The molecule has 0 saturated carbocycles. The van der Waals surface area contributed by atoms with Gasteiger partial charge in [-0.1, -0.05) is 5.16 Å². The third-order valence-corrected chi connectivity index (χ3v) is 3.87. The van der Waals surface area contributed by atoms with Gasteiger partial charge in [0.15, 0.2) is 11.5 Å². The van der Waals surface area contributed by atoms with Crippen LogP contribution in [-0.2, 0) is 4.74 Å². The maximum atomic E-state index is 12.2. The van der Waals surface area contributed by atoms with Crippen molar-refractivity contribution in [2.24, 2.45) is 0 Å². The van der Waals surface area contributed by atoms with Gasteiger partial charge in [-0.2, -0.15) is 0 Å². The standard InChI is InChI=1S/C15H17N5O5/c1-24-15(23)10-7-11(25-19-10)13(21)18-9-3-2-6-20(8-9)12-14(22)17-5-4-16-12/h4-5,7,9H,2-3,6,8H2,1H3,(H,17,22)(H,18,21). The van der Waals surface area contributed by atoms with Gasteiger partial charge in [-0.05, 0) is 12.8 Å². The van der Waals surface area contributed by atoms with E-state index in [0.29, 0.717) is 18.9 Å². The van der Waals surface area contributed by atoms with E-state index in [1.807, 2.05) is 4.90 Å². The molecule has 10 nitrogen and oxygen atoms in total. The van der Waals surface area contributed by atoms with Crippen molar-refractivity contribution < 1.29 is 18.8 Å². The molecule has 2 aromatic heterocycles. The first-order chi connectivity index (χ1) is 12.1. The fraction of sp³-hybridized carbons (Fsp3) is 0.400. The van der Waals surface area contributed by atoms with Crippen LogP contribution >= 0.6 is 0 Å². The molecule has 0 aliphatic carbocycles. The zero-order valence-electron chi connectivity index (χ0n) is 13.5. The van der Waals surface area contributed by atoms with E-state index in [9.17, 15) is 14.4 Å². The van der Waals surface area contributed by atoms with Crippen LogP contribution in [0, 0.1) is 0 Å². The Labute approximate surface area is 142 Å². The van der Waals surface area contributed by atoms with Crippen molar-refractivity contribution in [3.63, 3.8) is 0 Å². The molecule has 3 rings (SSSR count). The Hall–Kier alpha value is -3.17. The lowest BCUT2D eigenvalue weighted by atomic mass is 10.1. The normalized spacial score (nSPS) is 17.2. The second kappa shape index (κ2) is 7.16. The molecule has 3 heterocycles. The number of hydrogen-bond donors (Lipinski definition) is 2. The lowest BCUT2D eigenvalue weighted by Gasteiger charge is -2.33. The van der Waals surface area contributed by atoms with Gasteiger partial charge in [0.1, 0.15) is 0 Å². The fourth-order valence-corrected chi connectivity index (χ4v) is 2.70. The number of methoxy groups -OCH3 is 1. The maximum Gasteiger partial charge on any atom is 0.360 e. The molecule has 1 aliphatic heterocycles. The number of nitrogens with zero attached hydrogens (tertiary/aromatic N) is 3. The van der Waals surface area contributed by atoms with E-state index in [-0.39, 0.29) is 23.1 Å². The number of esters is 1. The van der Waals surface area contributed by atoms with Crippen LogP contribution in [-0.4, -0.2) is 53.2 Å². The van der Waals surface area contributed by atoms with Gasteiger partial charge in [-0.3, -0.25) is 9.59 Å². The average Bonchev–Trinajstić information content (AvgIpc) is 3.12. The van der Waals surface area contributed by atoms with Crippen LogP contribution in [0.5, 0.6) is 0 Å². The SMILES string of the molecule is COC(=O)c1cc(C(=O)NC2CCCN(c3ncc[nH]c3=O)C2)on1. The fourth-order valence-electron chi connectivity index (χ4n) is 2.70. The van der Waals surface area contributed by atoms with Gasteiger partial charge in [0.25, 0.3) is 11.5 Å². The Morgan fingerprint density at radius 3 is 3.08 bits per heavy atom. The molecule has 1 aliphatic rings. The number of aromatic amines is 1. The Kier molecular flexibility index (Phi) is 4.78. The first-order valence-electron chi connectivity index (χ1n) is 7.73. The summed E-state index contributed by atoms with van der Waals surface area (Å²) in [5.41, 5.74) is -0.342. The van der Waals surface area contributed by atoms with Gasteiger partial charge >= 0.3 is 5.97 Å². The van der Waals surface area contributed by atoms with Gasteiger partial charge in [-0.15, -0.1) is 0 Å². The molecule has 0 radical (unpaired) electrons. The van der Waals surface area contributed by atoms with Crippen LogP contribution < -0.4 is 15.8 Å². The van der Waals surface area contributed by atoms with Crippen LogP contribution in [0.4, 0.5) is 5.82 Å². The monoisotopic (exact) mass is 347 g/mol. The first kappa shape index (κ1) is 16.7. The van der Waals surface area contributed by atoms with Crippen molar-refractivity contribution in [2.45, 2.75) is 18.9 Å². The highest BCUT2D eigenvalue weighted by atomic mass is 16.5. The molecule has 1 atom stereocenters. The van der Waals surface area contributed by atoms with Crippen molar-refractivity contribution in [1.82, 2.24) is 20.4 Å². The molecule has 1 amide bonds. The summed E-state index contributed by atoms with van der Waals surface area (Å²) in [6, 6.07) is 1.04. The topological polar surface area (TPSA) is 130 Å². The van der Waals surface area contributed by atoms with Gasteiger partial charge in [-0.25, -0.2) is 9.78 Å². The van der Waals surface area contributed by atoms with Crippen LogP contribution in [0.15, 0.2) is 27.8 Å². The molecule has 1 saturated heterocycles. The summed E-state index contributed by atoms with van der Waals surface area (Å²) in [6.45, 7) is 1.13. The van der Waals surface area contributed by atoms with Crippen LogP contribution in [0.2, 0.25) is 0 Å². The number of rotatable bonds is 4. The van der Waals surface area contributed by atoms with Gasteiger partial charge in [0.2, 0.25) is 5.76 Å². The third-order valence-electron chi connectivity index (χ3n) is 3.87. The molecule has 25 heavy (non-hydrogen) atoms. The van der Waals surface area contributed by atoms with Crippen molar-refractivity contribution in [3.05, 3.63) is 40.3 Å². The largest absolute Gasteiger partial charge is 0.464 e. The van der Waals surface area contributed by atoms with E-state index in [1.54, 1.807) is 0 Å². The molecule has 2 N–H and O–H groups in total. The highest BCUT2D eigenvalue weighted by Crippen LogP contribution is 2.15. The number of amides is 1. The maximum absolute atomic E-state index is 12.2. The Balaban J connectivity index is 1.65. The van der Waals surface area contributed by atoms with Crippen LogP contribution in [0.25, 0.3) is 0 Å². The van der Waals surface area contributed by atoms with Crippen molar-refractivity contribution in [3.8, 4) is 0 Å². The van der Waals surface area contributed by atoms with E-state index < -0.39 is 11.9 Å². The number of ether oxygens (including phenoxy) is 1. The molecule has 0 aromatic carbocycles. The number of carbonyl (C=O) groups excluding carboxylic acids is 2. The number of hydrogen-bond acceptors (Lipinski definition) is 8. The van der Waals surface area contributed by atoms with E-state index in [1.165, 1.54) is 25.6 Å². The van der Waals surface area contributed by atoms with Gasteiger partial charge < -0.3 is 24.5 Å². The molecule has 0 spiro atoms. The highest BCUT2D eigenvalue weighted by molar-refractivity contribution is 5.95. The van der Waals surface area contributed by atoms with Crippen LogP contribution in [0.3, 0.4) is 0 Å². The predicted octanol–water partition coefficient (Wildman–Crippen LogP) is -0.0567. The van der Waals surface area contributed by atoms with E-state index in [0.717, 1.165) is 12.8 Å². The summed E-state index contributed by atoms with van der Waals surface area (Å²) < 4.78 is 9.39. The van der Waals surface area contributed by atoms with Crippen molar-refractivity contribution >= 4 is 17.7 Å². The lowest BCUT2D eigenvalue weighted by molar-refractivity contribution is 0.0588. The van der Waals surface area contributed by atoms with Crippen molar-refractivity contribution in [1.29, 1.82) is 0 Å². The summed E-state index contributed by atoms with van der Waals surface area (Å²) in [5.74, 6) is -0.909. The molecule has 0 bridgehead atoms. The number of piperidine rings is 1. The van der Waals surface area contributed by atoms with Gasteiger partial charge in [0.05, 0.1) is 7.11 Å². The minimum absolute atomic E-state index is 0.0714. The number of carbonyl (C=O) groups is 2. The second-order valence-electron chi connectivity index (χ2n) is 5.57. The number of aromatic nitrogens is 3. The Bertz CT molecular complexity index is 829. The number of anilines is 1. The molecule has 10 heteroatoms. The zero-order valence-corrected chi connectivity index (χ0v) is 13.5. The predicted molar refractivity (Wildman–Crippen MR) is 85.4 cm³/mol. The number of H-pyrrole nitrogens is 1. The summed E-state index contributed by atoms with van der Waals surface area (Å²) in [4.78, 5) is 44.0. The molecular formula is C15H17N5O5. The number of nitrogens with one attached hydrogen (secondary N) is 2. The van der Waals surface area contributed by atoms with Crippen molar-refractivity contribution in [2.75, 3.05) is 25.1 Å². The molecule has 132 valence electrons. The van der Waals surface area contributed by atoms with Gasteiger partial charge in [0, 0.05) is 37.6 Å². The lowest BCUT2D eigenvalue weighted by Crippen LogP contribution is -2.49. The minimum Gasteiger partial charge on any atom is -0.464 e. The smallest absolute Gasteiger partial charge is 0.360 e. The van der Waals surface area contributed by atoms with E-state index in [2.05, 4.69) is 25.2 Å². The Morgan fingerprint density at radius 1 is 1.48 bits per heavy atom. The molecule has 2 aromatic rings. The average molecular weight is 347 g/mol. The second-order valence-corrected chi connectivity index (χ2v) is 5.57. The molecule has 1 unspecified atom stereocenters. The summed E-state index contributed by atoms with van der Waals surface area (Å²) in [6.07, 6.45) is 4.54. The quantitative estimate of drug-likeness (QED) is 0.736. The third kappa shape index (κ3) is 3.67. The minimum atomic E-state index is -0.680.